The van der Waals surface area contributed by atoms with Gasteiger partial charge < -0.3 is 24.0 Å². The molecule has 1 aliphatic carbocycles. The van der Waals surface area contributed by atoms with E-state index in [2.05, 4.69) is 15.0 Å². The number of fused-ring (bicyclic) bond motifs is 2. The number of aromatic nitrogens is 4. The summed E-state index contributed by atoms with van der Waals surface area (Å²) in [7, 11) is -3.34. The molecular weight excluding hydrogens is 363 g/mol. The molecule has 4 rings (SSSR count). The van der Waals surface area contributed by atoms with Crippen molar-refractivity contribution in [3.63, 3.8) is 0 Å². The number of imidazole rings is 1. The van der Waals surface area contributed by atoms with E-state index in [-0.39, 0.29) is 25.1 Å². The molecule has 3 heterocycles. The van der Waals surface area contributed by atoms with Crippen LogP contribution in [0.1, 0.15) is 26.3 Å². The number of aliphatic hydroxyl groups is 1. The lowest BCUT2D eigenvalue weighted by molar-refractivity contribution is -0.248. The first kappa shape index (κ1) is 18.0. The summed E-state index contributed by atoms with van der Waals surface area (Å²) in [5, 5.41) is 10.8. The molecule has 2 aromatic heterocycles. The van der Waals surface area contributed by atoms with Crippen LogP contribution in [0.15, 0.2) is 12.7 Å². The molecule has 0 spiro atoms. The molecule has 26 heavy (non-hydrogen) atoms. The average molecular weight is 384 g/mol. The Balaban J connectivity index is 1.62. The molecule has 2 aromatic rings. The third-order valence-electron chi connectivity index (χ3n) is 4.59. The number of nitrogens with zero attached hydrogens (tertiary/aromatic N) is 4. The number of aliphatic hydroxyl groups excluding tert-OH is 1. The molecule has 11 heteroatoms. The van der Waals surface area contributed by atoms with E-state index in [1.165, 1.54) is 6.33 Å². The topological polar surface area (TPSA) is 124 Å². The van der Waals surface area contributed by atoms with Crippen LogP contribution in [-0.4, -0.2) is 62.5 Å². The smallest absolute Gasteiger partial charge is 0.264 e. The van der Waals surface area contributed by atoms with E-state index in [0.29, 0.717) is 30.1 Å². The Labute approximate surface area is 150 Å². The molecular formula is C15H21N4O6P. The second-order valence-electron chi connectivity index (χ2n) is 6.16. The van der Waals surface area contributed by atoms with E-state index >= 15 is 0 Å². The molecule has 2 fully saturated rings. The van der Waals surface area contributed by atoms with Gasteiger partial charge in [-0.05, 0) is 13.8 Å². The first-order chi connectivity index (χ1) is 12.6. The molecule has 142 valence electrons. The van der Waals surface area contributed by atoms with Crippen molar-refractivity contribution in [3.05, 3.63) is 12.7 Å². The number of ether oxygens (including phenoxy) is 2. The summed E-state index contributed by atoms with van der Waals surface area (Å²) in [5.74, 6) is 0.398. The molecule has 0 bridgehead atoms. The summed E-state index contributed by atoms with van der Waals surface area (Å²) < 4.78 is 23.7. The first-order valence-electron chi connectivity index (χ1n) is 8.58. The predicted octanol–water partition coefficient (Wildman–Crippen LogP) is 0.432. The highest BCUT2D eigenvalue weighted by molar-refractivity contribution is 7.59. The zero-order chi connectivity index (χ0) is 18.3. The summed E-state index contributed by atoms with van der Waals surface area (Å²) in [5.41, 5.74) is 1.08. The fourth-order valence-electron chi connectivity index (χ4n) is 3.50. The van der Waals surface area contributed by atoms with Crippen molar-refractivity contribution in [1.29, 1.82) is 0 Å². The zero-order valence-corrected chi connectivity index (χ0v) is 15.4. The highest BCUT2D eigenvalue weighted by Gasteiger charge is 2.55. The molecule has 1 N–H and O–H groups in total. The Morgan fingerprint density at radius 1 is 1.35 bits per heavy atom. The van der Waals surface area contributed by atoms with Gasteiger partial charge >= 0.3 is 0 Å². The van der Waals surface area contributed by atoms with E-state index in [1.807, 2.05) is 6.92 Å². The SMILES string of the molecule is CCOc1ncnc2c1ncn2[C@@H]1C[C@@H]2OC[P+]([O-])(OCC)O[C@H]2[C@H]1O. The van der Waals surface area contributed by atoms with Crippen molar-refractivity contribution in [2.45, 2.75) is 44.6 Å². The van der Waals surface area contributed by atoms with E-state index in [9.17, 15) is 10.00 Å². The lowest BCUT2D eigenvalue weighted by Crippen LogP contribution is -2.43. The molecule has 0 amide bonds. The quantitative estimate of drug-likeness (QED) is 0.731. The van der Waals surface area contributed by atoms with Gasteiger partial charge in [-0.25, -0.2) is 14.5 Å². The van der Waals surface area contributed by atoms with Crippen LogP contribution in [0.5, 0.6) is 5.88 Å². The minimum absolute atomic E-state index is 0.108. The minimum atomic E-state index is -3.34. The number of rotatable bonds is 5. The van der Waals surface area contributed by atoms with Gasteiger partial charge in [0.1, 0.15) is 12.4 Å². The van der Waals surface area contributed by atoms with Gasteiger partial charge in [0, 0.05) is 6.42 Å². The van der Waals surface area contributed by atoms with Gasteiger partial charge in [-0.3, -0.25) is 0 Å². The standard InChI is InChI=1S/C15H21N4O6P/c1-3-22-15-11-14(16-6-17-15)19(7-18-11)9-5-10-13(12(9)20)25-26(21,8-23-10)24-4-2/h6-7,9-10,12-13,20H,3-5,8H2,1-2H3/t9-,10+,12+,13-,26?/m1/s1. The molecule has 1 unspecified atom stereocenters. The van der Waals surface area contributed by atoms with Crippen molar-refractivity contribution in [3.8, 4) is 5.88 Å². The van der Waals surface area contributed by atoms with Crippen LogP contribution in [0.2, 0.25) is 0 Å². The Hall–Kier alpha value is -1.42. The van der Waals surface area contributed by atoms with Crippen molar-refractivity contribution >= 4 is 19.1 Å². The summed E-state index contributed by atoms with van der Waals surface area (Å²) in [6, 6.07) is -0.382. The van der Waals surface area contributed by atoms with E-state index < -0.39 is 20.2 Å². The molecule has 1 aliphatic heterocycles. The zero-order valence-electron chi connectivity index (χ0n) is 14.5. The minimum Gasteiger partial charge on any atom is -0.630 e. The lowest BCUT2D eigenvalue weighted by Gasteiger charge is -2.36. The third-order valence-corrected chi connectivity index (χ3v) is 6.27. The van der Waals surface area contributed by atoms with Crippen LogP contribution < -0.4 is 9.63 Å². The van der Waals surface area contributed by atoms with Gasteiger partial charge in [0.15, 0.2) is 17.3 Å². The largest absolute Gasteiger partial charge is 0.630 e. The highest BCUT2D eigenvalue weighted by atomic mass is 31.2. The fraction of sp³-hybridized carbons (Fsp3) is 0.667. The van der Waals surface area contributed by atoms with E-state index in [0.717, 1.165) is 0 Å². The van der Waals surface area contributed by atoms with Crippen LogP contribution in [0.4, 0.5) is 0 Å². The Kier molecular flexibility index (Phi) is 4.81. The van der Waals surface area contributed by atoms with Crippen molar-refractivity contribution < 1.29 is 28.5 Å². The van der Waals surface area contributed by atoms with Crippen LogP contribution >= 0.6 is 7.94 Å². The summed E-state index contributed by atoms with van der Waals surface area (Å²) >= 11 is 0. The molecule has 0 radical (unpaired) electrons. The van der Waals surface area contributed by atoms with Crippen molar-refractivity contribution in [1.82, 2.24) is 19.5 Å². The normalized spacial score (nSPS) is 34.2. The molecule has 10 nitrogen and oxygen atoms in total. The Morgan fingerprint density at radius 3 is 2.96 bits per heavy atom. The van der Waals surface area contributed by atoms with Gasteiger partial charge in [0.2, 0.25) is 12.2 Å². The van der Waals surface area contributed by atoms with Gasteiger partial charge in [-0.1, -0.05) is 0 Å². The monoisotopic (exact) mass is 384 g/mol. The molecule has 5 atom stereocenters. The maximum atomic E-state index is 12.5. The second kappa shape index (κ2) is 6.95. The van der Waals surface area contributed by atoms with Crippen molar-refractivity contribution in [2.75, 3.05) is 19.6 Å². The molecule has 2 aliphatic rings. The lowest BCUT2D eigenvalue weighted by atomic mass is 10.2. The molecule has 0 aromatic carbocycles. The van der Waals surface area contributed by atoms with Crippen LogP contribution in [0.3, 0.4) is 0 Å². The predicted molar refractivity (Wildman–Crippen MR) is 89.3 cm³/mol. The molecule has 1 saturated heterocycles. The van der Waals surface area contributed by atoms with E-state index in [4.69, 9.17) is 18.5 Å². The number of hydrogen-bond acceptors (Lipinski definition) is 9. The number of hydrogen-bond donors (Lipinski definition) is 1. The Bertz CT molecular complexity index is 791. The second-order valence-corrected chi connectivity index (χ2v) is 8.11. The fourth-order valence-corrected chi connectivity index (χ4v) is 5.10. The highest BCUT2D eigenvalue weighted by Crippen LogP contribution is 2.59. The van der Waals surface area contributed by atoms with Gasteiger partial charge in [-0.15, -0.1) is 0 Å². The van der Waals surface area contributed by atoms with Gasteiger partial charge in [0.05, 0.1) is 31.7 Å². The van der Waals surface area contributed by atoms with E-state index in [1.54, 1.807) is 17.8 Å². The van der Waals surface area contributed by atoms with Gasteiger partial charge in [-0.2, -0.15) is 9.51 Å². The average Bonchev–Trinajstić information content (AvgIpc) is 3.18. The first-order valence-corrected chi connectivity index (χ1v) is 10.3. The van der Waals surface area contributed by atoms with Crippen LogP contribution in [-0.2, 0) is 13.8 Å². The third kappa shape index (κ3) is 2.96. The van der Waals surface area contributed by atoms with Gasteiger partial charge in [0.25, 0.3) is 7.94 Å². The van der Waals surface area contributed by atoms with Crippen molar-refractivity contribution in [2.24, 2.45) is 0 Å². The summed E-state index contributed by atoms with van der Waals surface area (Å²) in [6.45, 7) is 4.31. The summed E-state index contributed by atoms with van der Waals surface area (Å²) in [4.78, 5) is 25.2. The van der Waals surface area contributed by atoms with Crippen LogP contribution in [0.25, 0.3) is 11.2 Å². The molecule has 1 saturated carbocycles. The maximum absolute atomic E-state index is 12.5. The van der Waals surface area contributed by atoms with Crippen LogP contribution in [0, 0.1) is 0 Å². The Morgan fingerprint density at radius 2 is 2.19 bits per heavy atom. The maximum Gasteiger partial charge on any atom is 0.264 e. The summed E-state index contributed by atoms with van der Waals surface area (Å²) in [6.07, 6.45) is 1.34.